The third kappa shape index (κ3) is 3.56. The number of aromatic nitrogens is 3. The molecule has 24 heavy (non-hydrogen) atoms. The van der Waals surface area contributed by atoms with E-state index in [-0.39, 0.29) is 18.3 Å². The summed E-state index contributed by atoms with van der Waals surface area (Å²) in [5.41, 5.74) is 0.761. The molecule has 1 aromatic carbocycles. The Balaban J connectivity index is 1.66. The molecule has 0 bridgehead atoms. The molecule has 126 valence electrons. The number of aryl methyl sites for hydroxylation is 1. The van der Waals surface area contributed by atoms with Gasteiger partial charge in [-0.3, -0.25) is 9.59 Å². The summed E-state index contributed by atoms with van der Waals surface area (Å²) in [6.07, 6.45) is 2.04. The largest absolute Gasteiger partial charge is 0.341 e. The number of nitrogens with zero attached hydrogens (tertiary/aromatic N) is 4. The maximum absolute atomic E-state index is 12.2. The van der Waals surface area contributed by atoms with Crippen LogP contribution in [-0.2, 0) is 4.79 Å². The number of benzene rings is 1. The van der Waals surface area contributed by atoms with Crippen LogP contribution in [0.4, 0.5) is 0 Å². The summed E-state index contributed by atoms with van der Waals surface area (Å²) in [4.78, 5) is 30.1. The van der Waals surface area contributed by atoms with E-state index < -0.39 is 5.91 Å². The monoisotopic (exact) mass is 347 g/mol. The molecule has 2 amide bonds. The van der Waals surface area contributed by atoms with Crippen molar-refractivity contribution in [1.82, 2.24) is 25.0 Å². The van der Waals surface area contributed by atoms with E-state index in [2.05, 4.69) is 15.4 Å². The minimum absolute atomic E-state index is 0.0344. The van der Waals surface area contributed by atoms with Crippen LogP contribution in [0.15, 0.2) is 24.3 Å². The lowest BCUT2D eigenvalue weighted by molar-refractivity contribution is -0.129. The molecule has 1 N–H and O–H groups in total. The van der Waals surface area contributed by atoms with Crippen molar-refractivity contribution in [2.45, 2.75) is 19.8 Å². The SMILES string of the molecule is Cc1nc(C(=O)NCC(=O)N2CCCC2)nn1-c1ccc(Cl)cc1. The van der Waals surface area contributed by atoms with Crippen molar-refractivity contribution < 1.29 is 9.59 Å². The number of hydrogen-bond acceptors (Lipinski definition) is 4. The maximum atomic E-state index is 12.2. The second-order valence-electron chi connectivity index (χ2n) is 5.64. The molecule has 1 saturated heterocycles. The van der Waals surface area contributed by atoms with Crippen LogP contribution in [-0.4, -0.2) is 51.1 Å². The predicted octanol–water partition coefficient (Wildman–Crippen LogP) is 1.58. The van der Waals surface area contributed by atoms with Crippen LogP contribution < -0.4 is 5.32 Å². The number of carbonyl (C=O) groups is 2. The van der Waals surface area contributed by atoms with Crippen molar-refractivity contribution in [3.05, 3.63) is 40.9 Å². The van der Waals surface area contributed by atoms with Gasteiger partial charge in [0.2, 0.25) is 11.7 Å². The van der Waals surface area contributed by atoms with Gasteiger partial charge in [-0.1, -0.05) is 11.6 Å². The average molecular weight is 348 g/mol. The van der Waals surface area contributed by atoms with Gasteiger partial charge in [-0.2, -0.15) is 0 Å². The van der Waals surface area contributed by atoms with Crippen LogP contribution in [0.5, 0.6) is 0 Å². The van der Waals surface area contributed by atoms with Crippen LogP contribution >= 0.6 is 11.6 Å². The van der Waals surface area contributed by atoms with Crippen molar-refractivity contribution in [3.8, 4) is 5.69 Å². The first-order valence-corrected chi connectivity index (χ1v) is 8.18. The highest BCUT2D eigenvalue weighted by molar-refractivity contribution is 6.30. The fraction of sp³-hybridized carbons (Fsp3) is 0.375. The number of hydrogen-bond donors (Lipinski definition) is 1. The van der Waals surface area contributed by atoms with Gasteiger partial charge in [0, 0.05) is 18.1 Å². The normalized spacial score (nSPS) is 14.0. The molecule has 0 saturated carbocycles. The first kappa shape index (κ1) is 16.4. The first-order chi connectivity index (χ1) is 11.5. The van der Waals surface area contributed by atoms with Gasteiger partial charge >= 0.3 is 0 Å². The number of likely N-dealkylation sites (tertiary alicyclic amines) is 1. The number of amides is 2. The Morgan fingerprint density at radius 2 is 1.88 bits per heavy atom. The van der Waals surface area contributed by atoms with Gasteiger partial charge in [0.1, 0.15) is 5.82 Å². The quantitative estimate of drug-likeness (QED) is 0.910. The Hall–Kier alpha value is -2.41. The standard InChI is InChI=1S/C16H18ClN5O2/c1-11-19-15(20-22(11)13-6-4-12(17)5-7-13)16(24)18-10-14(23)21-8-2-3-9-21/h4-7H,2-3,8-10H2,1H3,(H,18,24). The highest BCUT2D eigenvalue weighted by atomic mass is 35.5. The maximum Gasteiger partial charge on any atom is 0.291 e. The van der Waals surface area contributed by atoms with Crippen molar-refractivity contribution in [1.29, 1.82) is 0 Å². The summed E-state index contributed by atoms with van der Waals surface area (Å²) < 4.78 is 1.56. The van der Waals surface area contributed by atoms with Gasteiger partial charge in [0.15, 0.2) is 0 Å². The third-order valence-electron chi connectivity index (χ3n) is 3.90. The minimum atomic E-state index is -0.460. The molecular formula is C16H18ClN5O2. The third-order valence-corrected chi connectivity index (χ3v) is 4.15. The van der Waals surface area contributed by atoms with E-state index in [0.717, 1.165) is 31.6 Å². The van der Waals surface area contributed by atoms with Crippen LogP contribution in [0.25, 0.3) is 5.69 Å². The van der Waals surface area contributed by atoms with E-state index in [9.17, 15) is 9.59 Å². The summed E-state index contributed by atoms with van der Waals surface area (Å²) in [5, 5.41) is 7.42. The highest BCUT2D eigenvalue weighted by Crippen LogP contribution is 2.14. The predicted molar refractivity (Wildman–Crippen MR) is 89.3 cm³/mol. The molecule has 1 fully saturated rings. The van der Waals surface area contributed by atoms with Crippen molar-refractivity contribution in [3.63, 3.8) is 0 Å². The minimum Gasteiger partial charge on any atom is -0.341 e. The number of rotatable bonds is 4. The Morgan fingerprint density at radius 1 is 1.21 bits per heavy atom. The van der Waals surface area contributed by atoms with E-state index in [1.165, 1.54) is 0 Å². The first-order valence-electron chi connectivity index (χ1n) is 7.80. The smallest absolute Gasteiger partial charge is 0.291 e. The lowest BCUT2D eigenvalue weighted by Crippen LogP contribution is -2.39. The molecule has 7 nitrogen and oxygen atoms in total. The zero-order chi connectivity index (χ0) is 17.1. The molecule has 1 aromatic heterocycles. The zero-order valence-corrected chi connectivity index (χ0v) is 14.1. The molecule has 0 spiro atoms. The number of nitrogens with one attached hydrogen (secondary N) is 1. The summed E-state index contributed by atoms with van der Waals surface area (Å²) >= 11 is 5.87. The second kappa shape index (κ2) is 7.00. The van der Waals surface area contributed by atoms with Gasteiger partial charge in [-0.15, -0.1) is 5.10 Å². The molecule has 2 aromatic rings. The van der Waals surface area contributed by atoms with Crippen molar-refractivity contribution in [2.24, 2.45) is 0 Å². The number of halogens is 1. The lowest BCUT2D eigenvalue weighted by Gasteiger charge is -2.14. The molecular weight excluding hydrogens is 330 g/mol. The van der Waals surface area contributed by atoms with E-state index in [4.69, 9.17) is 11.6 Å². The summed E-state index contributed by atoms with van der Waals surface area (Å²) in [6, 6.07) is 7.07. The van der Waals surface area contributed by atoms with Crippen LogP contribution in [0, 0.1) is 6.92 Å². The van der Waals surface area contributed by atoms with Gasteiger partial charge in [0.25, 0.3) is 5.91 Å². The molecule has 3 rings (SSSR count). The molecule has 1 aliphatic rings. The Bertz CT molecular complexity index is 750. The lowest BCUT2D eigenvalue weighted by atomic mass is 10.3. The van der Waals surface area contributed by atoms with Crippen molar-refractivity contribution in [2.75, 3.05) is 19.6 Å². The van der Waals surface area contributed by atoms with E-state index >= 15 is 0 Å². The van der Waals surface area contributed by atoms with E-state index in [1.807, 2.05) is 0 Å². The molecule has 0 atom stereocenters. The second-order valence-corrected chi connectivity index (χ2v) is 6.08. The molecule has 2 heterocycles. The van der Waals surface area contributed by atoms with E-state index in [1.54, 1.807) is 40.8 Å². The Kier molecular flexibility index (Phi) is 4.80. The highest BCUT2D eigenvalue weighted by Gasteiger charge is 2.20. The molecule has 8 heteroatoms. The molecule has 0 aliphatic carbocycles. The number of carbonyl (C=O) groups excluding carboxylic acids is 2. The molecule has 0 unspecified atom stereocenters. The topological polar surface area (TPSA) is 80.1 Å². The van der Waals surface area contributed by atoms with Gasteiger partial charge in [-0.05, 0) is 44.0 Å². The van der Waals surface area contributed by atoms with Gasteiger partial charge < -0.3 is 10.2 Å². The van der Waals surface area contributed by atoms with Gasteiger partial charge in [-0.25, -0.2) is 9.67 Å². The fourth-order valence-corrected chi connectivity index (χ4v) is 2.75. The van der Waals surface area contributed by atoms with Crippen molar-refractivity contribution >= 4 is 23.4 Å². The van der Waals surface area contributed by atoms with Crippen LogP contribution in [0.3, 0.4) is 0 Å². The fourth-order valence-electron chi connectivity index (χ4n) is 2.63. The Morgan fingerprint density at radius 3 is 2.54 bits per heavy atom. The molecule has 0 radical (unpaired) electrons. The molecule has 1 aliphatic heterocycles. The van der Waals surface area contributed by atoms with Crippen LogP contribution in [0.1, 0.15) is 29.3 Å². The Labute approximate surface area is 144 Å². The summed E-state index contributed by atoms with van der Waals surface area (Å²) in [6.45, 7) is 3.25. The van der Waals surface area contributed by atoms with Gasteiger partial charge in [0.05, 0.1) is 12.2 Å². The zero-order valence-electron chi connectivity index (χ0n) is 13.3. The average Bonchev–Trinajstić information content (AvgIpc) is 3.23. The van der Waals surface area contributed by atoms with Crippen LogP contribution in [0.2, 0.25) is 5.02 Å². The van der Waals surface area contributed by atoms with E-state index in [0.29, 0.717) is 10.8 Å². The summed E-state index contributed by atoms with van der Waals surface area (Å²) in [5.74, 6) is 0.0816. The summed E-state index contributed by atoms with van der Waals surface area (Å²) in [7, 11) is 0.